The lowest BCUT2D eigenvalue weighted by molar-refractivity contribution is 0.0959. The van der Waals surface area contributed by atoms with Crippen LogP contribution < -0.4 is 5.43 Å². The molecule has 1 heterocycles. The maximum atomic E-state index is 12.3. The van der Waals surface area contributed by atoms with E-state index in [0.717, 1.165) is 15.6 Å². The second kappa shape index (κ2) is 7.56. The molecular formula is C19H16Cl2N2OS. The van der Waals surface area contributed by atoms with Gasteiger partial charge in [0.15, 0.2) is 0 Å². The van der Waals surface area contributed by atoms with Gasteiger partial charge in [0.25, 0.3) is 5.91 Å². The van der Waals surface area contributed by atoms with Gasteiger partial charge >= 0.3 is 0 Å². The fourth-order valence-electron chi connectivity index (χ4n) is 2.37. The maximum absolute atomic E-state index is 12.3. The molecule has 6 heteroatoms. The largest absolute Gasteiger partial charge is 0.283 e. The van der Waals surface area contributed by atoms with Crippen LogP contribution in [0.2, 0.25) is 10.0 Å². The van der Waals surface area contributed by atoms with Crippen molar-refractivity contribution in [3.63, 3.8) is 0 Å². The Morgan fingerprint density at radius 1 is 1.16 bits per heavy atom. The van der Waals surface area contributed by atoms with Gasteiger partial charge in [-0.1, -0.05) is 67.4 Å². The summed E-state index contributed by atoms with van der Waals surface area (Å²) in [5.74, 6) is 0.145. The van der Waals surface area contributed by atoms with E-state index < -0.39 is 0 Å². The molecule has 3 aromatic rings. The number of fused-ring (bicyclic) bond motifs is 1. The Morgan fingerprint density at radius 3 is 2.56 bits per heavy atom. The number of benzene rings is 2. The fourth-order valence-corrected chi connectivity index (χ4v) is 4.05. The molecule has 0 atom stereocenters. The average Bonchev–Trinajstić information content (AvgIpc) is 2.91. The Kier molecular flexibility index (Phi) is 5.42. The summed E-state index contributed by atoms with van der Waals surface area (Å²) in [7, 11) is 0. The van der Waals surface area contributed by atoms with E-state index in [2.05, 4.69) is 36.5 Å². The second-order valence-corrected chi connectivity index (χ2v) is 7.77. The lowest BCUT2D eigenvalue weighted by Crippen LogP contribution is -2.16. The first-order valence-corrected chi connectivity index (χ1v) is 9.34. The molecule has 0 aliphatic rings. The standard InChI is InChI=1S/C19H16Cl2N2OS/c1-11(2)13-5-3-12(4-6-13)10-22-23-19(24)18-17(21)15-8-7-14(20)9-16(15)25-18/h3-11H,1-2H3,(H,23,24)/b22-10+. The smallest absolute Gasteiger partial charge is 0.266 e. The minimum atomic E-state index is -0.336. The Balaban J connectivity index is 1.73. The lowest BCUT2D eigenvalue weighted by atomic mass is 10.0. The molecule has 128 valence electrons. The number of hydrogen-bond acceptors (Lipinski definition) is 3. The topological polar surface area (TPSA) is 41.5 Å². The molecule has 1 amide bonds. The minimum absolute atomic E-state index is 0.336. The number of amides is 1. The number of carbonyl (C=O) groups is 1. The predicted octanol–water partition coefficient (Wildman–Crippen LogP) is 6.10. The van der Waals surface area contributed by atoms with Crippen molar-refractivity contribution in [3.8, 4) is 0 Å². The molecule has 0 aliphatic heterocycles. The first-order valence-electron chi connectivity index (χ1n) is 7.76. The quantitative estimate of drug-likeness (QED) is 0.424. The van der Waals surface area contributed by atoms with Crippen molar-refractivity contribution in [2.45, 2.75) is 19.8 Å². The molecule has 3 rings (SSSR count). The third-order valence-electron chi connectivity index (χ3n) is 3.78. The molecule has 0 saturated carbocycles. The highest BCUT2D eigenvalue weighted by Crippen LogP contribution is 2.36. The van der Waals surface area contributed by atoms with Crippen LogP contribution in [0.25, 0.3) is 10.1 Å². The SMILES string of the molecule is CC(C)c1ccc(/C=N/NC(=O)c2sc3cc(Cl)ccc3c2Cl)cc1. The normalized spacial score (nSPS) is 11.6. The number of hydrazone groups is 1. The predicted molar refractivity (Wildman–Crippen MR) is 107 cm³/mol. The molecule has 25 heavy (non-hydrogen) atoms. The number of nitrogens with zero attached hydrogens (tertiary/aromatic N) is 1. The number of thiophene rings is 1. The number of rotatable bonds is 4. The van der Waals surface area contributed by atoms with Gasteiger partial charge in [0, 0.05) is 15.1 Å². The van der Waals surface area contributed by atoms with Crippen LogP contribution in [0.5, 0.6) is 0 Å². The van der Waals surface area contributed by atoms with Gasteiger partial charge in [0.1, 0.15) is 4.88 Å². The van der Waals surface area contributed by atoms with E-state index in [1.807, 2.05) is 18.2 Å². The number of halogens is 2. The molecule has 3 nitrogen and oxygen atoms in total. The van der Waals surface area contributed by atoms with Crippen LogP contribution in [0, 0.1) is 0 Å². The molecule has 0 unspecified atom stereocenters. The van der Waals surface area contributed by atoms with E-state index in [1.54, 1.807) is 18.3 Å². The van der Waals surface area contributed by atoms with Crippen LogP contribution in [0.15, 0.2) is 47.6 Å². The average molecular weight is 391 g/mol. The maximum Gasteiger partial charge on any atom is 0.283 e. The van der Waals surface area contributed by atoms with Gasteiger partial charge in [0.2, 0.25) is 0 Å². The molecule has 1 N–H and O–H groups in total. The molecular weight excluding hydrogens is 375 g/mol. The van der Waals surface area contributed by atoms with Crippen molar-refractivity contribution >= 4 is 56.7 Å². The van der Waals surface area contributed by atoms with Gasteiger partial charge in [-0.05, 0) is 29.2 Å². The van der Waals surface area contributed by atoms with Crippen molar-refractivity contribution in [2.75, 3.05) is 0 Å². The van der Waals surface area contributed by atoms with Crippen molar-refractivity contribution in [1.29, 1.82) is 0 Å². The summed E-state index contributed by atoms with van der Waals surface area (Å²) < 4.78 is 0.871. The van der Waals surface area contributed by atoms with Crippen LogP contribution >= 0.6 is 34.5 Å². The fraction of sp³-hybridized carbons (Fsp3) is 0.158. The van der Waals surface area contributed by atoms with E-state index in [4.69, 9.17) is 23.2 Å². The van der Waals surface area contributed by atoms with Crippen molar-refractivity contribution < 1.29 is 4.79 Å². The Morgan fingerprint density at radius 2 is 1.88 bits per heavy atom. The van der Waals surface area contributed by atoms with Gasteiger partial charge in [-0.3, -0.25) is 4.79 Å². The van der Waals surface area contributed by atoms with Crippen molar-refractivity contribution in [3.05, 3.63) is 68.5 Å². The molecule has 0 radical (unpaired) electrons. The minimum Gasteiger partial charge on any atom is -0.266 e. The first kappa shape index (κ1) is 17.9. The van der Waals surface area contributed by atoms with Crippen LogP contribution in [-0.2, 0) is 0 Å². The highest BCUT2D eigenvalue weighted by Gasteiger charge is 2.16. The molecule has 0 aliphatic carbocycles. The van der Waals surface area contributed by atoms with Crippen LogP contribution in [0.1, 0.15) is 40.6 Å². The molecule has 1 aromatic heterocycles. The van der Waals surface area contributed by atoms with E-state index in [0.29, 0.717) is 20.8 Å². The van der Waals surface area contributed by atoms with Crippen LogP contribution in [-0.4, -0.2) is 12.1 Å². The van der Waals surface area contributed by atoms with E-state index in [-0.39, 0.29) is 5.91 Å². The second-order valence-electron chi connectivity index (χ2n) is 5.91. The Labute approximate surface area is 160 Å². The highest BCUT2D eigenvalue weighted by atomic mass is 35.5. The van der Waals surface area contributed by atoms with E-state index >= 15 is 0 Å². The number of nitrogens with one attached hydrogen (secondary N) is 1. The van der Waals surface area contributed by atoms with Crippen LogP contribution in [0.3, 0.4) is 0 Å². The Bertz CT molecular complexity index is 946. The molecule has 0 bridgehead atoms. The summed E-state index contributed by atoms with van der Waals surface area (Å²) in [5.41, 5.74) is 4.70. The molecule has 2 aromatic carbocycles. The summed E-state index contributed by atoms with van der Waals surface area (Å²) in [6.45, 7) is 4.29. The molecule has 0 fully saturated rings. The van der Waals surface area contributed by atoms with Crippen LogP contribution in [0.4, 0.5) is 0 Å². The van der Waals surface area contributed by atoms with Gasteiger partial charge in [-0.2, -0.15) is 5.10 Å². The third kappa shape index (κ3) is 4.03. The summed E-state index contributed by atoms with van der Waals surface area (Å²) in [4.78, 5) is 12.7. The molecule has 0 saturated heterocycles. The summed E-state index contributed by atoms with van der Waals surface area (Å²) in [6, 6.07) is 13.4. The number of hydrogen-bond donors (Lipinski definition) is 1. The zero-order valence-electron chi connectivity index (χ0n) is 13.7. The van der Waals surface area contributed by atoms with Gasteiger partial charge < -0.3 is 0 Å². The lowest BCUT2D eigenvalue weighted by Gasteiger charge is -2.04. The highest BCUT2D eigenvalue weighted by molar-refractivity contribution is 7.21. The molecule has 0 spiro atoms. The number of carbonyl (C=O) groups excluding carboxylic acids is 1. The summed E-state index contributed by atoms with van der Waals surface area (Å²) in [5, 5.41) is 5.87. The van der Waals surface area contributed by atoms with Crippen molar-refractivity contribution in [2.24, 2.45) is 5.10 Å². The summed E-state index contributed by atoms with van der Waals surface area (Å²) in [6.07, 6.45) is 1.61. The first-order chi connectivity index (χ1) is 12.0. The van der Waals surface area contributed by atoms with Gasteiger partial charge in [0.05, 0.1) is 11.2 Å². The van der Waals surface area contributed by atoms with Gasteiger partial charge in [-0.25, -0.2) is 5.43 Å². The monoisotopic (exact) mass is 390 g/mol. The van der Waals surface area contributed by atoms with E-state index in [9.17, 15) is 4.79 Å². The Hall–Kier alpha value is -1.88. The summed E-state index contributed by atoms with van der Waals surface area (Å²) >= 11 is 13.6. The van der Waals surface area contributed by atoms with E-state index in [1.165, 1.54) is 16.9 Å². The zero-order chi connectivity index (χ0) is 18.0. The zero-order valence-corrected chi connectivity index (χ0v) is 16.0. The van der Waals surface area contributed by atoms with Crippen molar-refractivity contribution in [1.82, 2.24) is 5.43 Å². The third-order valence-corrected chi connectivity index (χ3v) is 5.67. The van der Waals surface area contributed by atoms with Gasteiger partial charge in [-0.15, -0.1) is 11.3 Å².